The molecule has 27 heavy (non-hydrogen) atoms. The van der Waals surface area contributed by atoms with Crippen LogP contribution in [-0.2, 0) is 6.54 Å². The normalized spacial score (nSPS) is 10.5. The number of nitrogens with zero attached hydrogens (tertiary/aromatic N) is 3. The van der Waals surface area contributed by atoms with Gasteiger partial charge in [-0.05, 0) is 50.2 Å². The molecular weight excluding hydrogens is 342 g/mol. The summed E-state index contributed by atoms with van der Waals surface area (Å²) in [4.78, 5) is 24.9. The number of benzene rings is 1. The number of amides is 1. The van der Waals surface area contributed by atoms with Crippen molar-refractivity contribution >= 4 is 17.5 Å². The van der Waals surface area contributed by atoms with Crippen LogP contribution >= 0.6 is 0 Å². The van der Waals surface area contributed by atoms with Crippen LogP contribution in [0.3, 0.4) is 0 Å². The Balaban J connectivity index is 1.55. The van der Waals surface area contributed by atoms with Crippen molar-refractivity contribution in [2.45, 2.75) is 26.5 Å². The maximum absolute atomic E-state index is 12.3. The molecule has 0 radical (unpaired) electrons. The number of nitrogens with one attached hydrogen (secondary N) is 2. The van der Waals surface area contributed by atoms with Crippen molar-refractivity contribution < 1.29 is 9.53 Å². The van der Waals surface area contributed by atoms with Crippen LogP contribution in [0.1, 0.15) is 29.9 Å². The first-order valence-corrected chi connectivity index (χ1v) is 8.64. The van der Waals surface area contributed by atoms with Gasteiger partial charge in [-0.1, -0.05) is 6.07 Å². The monoisotopic (exact) mass is 363 g/mol. The fourth-order valence-electron chi connectivity index (χ4n) is 2.30. The number of ether oxygens (including phenoxy) is 1. The molecule has 1 aromatic carbocycles. The minimum absolute atomic E-state index is 0.104. The van der Waals surface area contributed by atoms with E-state index in [0.717, 1.165) is 11.4 Å². The van der Waals surface area contributed by atoms with Gasteiger partial charge in [-0.15, -0.1) is 0 Å². The first kappa shape index (κ1) is 18.3. The van der Waals surface area contributed by atoms with E-state index in [4.69, 9.17) is 4.74 Å². The molecule has 138 valence electrons. The summed E-state index contributed by atoms with van der Waals surface area (Å²) in [6.07, 6.45) is 4.80. The molecule has 0 aliphatic carbocycles. The minimum atomic E-state index is -0.274. The van der Waals surface area contributed by atoms with E-state index in [0.29, 0.717) is 23.7 Å². The second kappa shape index (κ2) is 8.75. The van der Waals surface area contributed by atoms with Gasteiger partial charge >= 0.3 is 0 Å². The summed E-state index contributed by atoms with van der Waals surface area (Å²) >= 11 is 0. The predicted molar refractivity (Wildman–Crippen MR) is 104 cm³/mol. The van der Waals surface area contributed by atoms with E-state index in [-0.39, 0.29) is 12.0 Å². The lowest BCUT2D eigenvalue weighted by Gasteiger charge is -2.10. The summed E-state index contributed by atoms with van der Waals surface area (Å²) in [6, 6.07) is 12.9. The van der Waals surface area contributed by atoms with Gasteiger partial charge in [-0.3, -0.25) is 9.78 Å². The molecule has 0 atom stereocenters. The van der Waals surface area contributed by atoms with Gasteiger partial charge in [0, 0.05) is 24.3 Å². The zero-order chi connectivity index (χ0) is 19.1. The van der Waals surface area contributed by atoms with E-state index in [9.17, 15) is 4.79 Å². The first-order valence-electron chi connectivity index (χ1n) is 8.64. The van der Waals surface area contributed by atoms with Crippen molar-refractivity contribution in [3.05, 3.63) is 72.3 Å². The predicted octanol–water partition coefficient (Wildman–Crippen LogP) is 3.52. The highest BCUT2D eigenvalue weighted by Gasteiger charge is 2.08. The van der Waals surface area contributed by atoms with Gasteiger partial charge in [0.25, 0.3) is 5.91 Å². The topological polar surface area (TPSA) is 89.0 Å². The van der Waals surface area contributed by atoms with Gasteiger partial charge in [0.15, 0.2) is 0 Å². The summed E-state index contributed by atoms with van der Waals surface area (Å²) in [5, 5.41) is 5.88. The van der Waals surface area contributed by atoms with Crippen LogP contribution in [0.4, 0.5) is 11.6 Å². The van der Waals surface area contributed by atoms with Crippen LogP contribution in [-0.4, -0.2) is 27.0 Å². The minimum Gasteiger partial charge on any atom is -0.491 e. The molecule has 7 nitrogen and oxygen atoms in total. The molecule has 0 aliphatic rings. The van der Waals surface area contributed by atoms with Crippen molar-refractivity contribution in [1.82, 2.24) is 15.0 Å². The van der Waals surface area contributed by atoms with Crippen molar-refractivity contribution in [3.63, 3.8) is 0 Å². The van der Waals surface area contributed by atoms with E-state index in [1.807, 2.05) is 44.2 Å². The maximum Gasteiger partial charge on any atom is 0.258 e. The summed E-state index contributed by atoms with van der Waals surface area (Å²) in [6.45, 7) is 4.44. The van der Waals surface area contributed by atoms with Crippen LogP contribution in [0.25, 0.3) is 0 Å². The van der Waals surface area contributed by atoms with Crippen molar-refractivity contribution in [2.24, 2.45) is 0 Å². The largest absolute Gasteiger partial charge is 0.491 e. The van der Waals surface area contributed by atoms with Gasteiger partial charge in [0.05, 0.1) is 23.9 Å². The van der Waals surface area contributed by atoms with E-state index in [2.05, 4.69) is 25.6 Å². The molecule has 0 aliphatic heterocycles. The molecule has 3 rings (SSSR count). The number of anilines is 2. The van der Waals surface area contributed by atoms with E-state index in [1.165, 1.54) is 12.4 Å². The van der Waals surface area contributed by atoms with Crippen molar-refractivity contribution in [2.75, 3.05) is 10.6 Å². The third kappa shape index (κ3) is 5.50. The van der Waals surface area contributed by atoms with Crippen LogP contribution in [0.5, 0.6) is 5.75 Å². The Kier molecular flexibility index (Phi) is 5.94. The number of aromatic nitrogens is 3. The molecule has 0 unspecified atom stereocenters. The van der Waals surface area contributed by atoms with Crippen molar-refractivity contribution in [1.29, 1.82) is 0 Å². The highest BCUT2D eigenvalue weighted by atomic mass is 16.5. The van der Waals surface area contributed by atoms with Gasteiger partial charge in [0.1, 0.15) is 5.75 Å². The Morgan fingerprint density at radius 1 is 1.04 bits per heavy atom. The molecule has 2 heterocycles. The Morgan fingerprint density at radius 2 is 1.78 bits per heavy atom. The van der Waals surface area contributed by atoms with Crippen LogP contribution < -0.4 is 15.4 Å². The van der Waals surface area contributed by atoms with Crippen LogP contribution in [0.2, 0.25) is 0 Å². The SMILES string of the molecule is CC(C)Oc1ccc(NC(=O)c2cnc(NCc3ccccn3)nc2)cc1. The Morgan fingerprint density at radius 3 is 2.41 bits per heavy atom. The second-order valence-electron chi connectivity index (χ2n) is 6.12. The molecule has 2 aromatic heterocycles. The number of hydrogen-bond donors (Lipinski definition) is 2. The summed E-state index contributed by atoms with van der Waals surface area (Å²) < 4.78 is 5.58. The number of carbonyl (C=O) groups excluding carboxylic acids is 1. The standard InChI is InChI=1S/C20H21N5O2/c1-14(2)27-18-8-6-16(7-9-18)25-19(26)15-11-22-20(23-12-15)24-13-17-5-3-4-10-21-17/h3-12,14H,13H2,1-2H3,(H,25,26)(H,22,23,24). The molecule has 7 heteroatoms. The molecule has 0 bridgehead atoms. The smallest absolute Gasteiger partial charge is 0.258 e. The molecule has 0 fully saturated rings. The zero-order valence-corrected chi connectivity index (χ0v) is 15.2. The van der Waals surface area contributed by atoms with Gasteiger partial charge in [-0.2, -0.15) is 0 Å². The number of rotatable bonds is 7. The van der Waals surface area contributed by atoms with Gasteiger partial charge < -0.3 is 15.4 Å². The zero-order valence-electron chi connectivity index (χ0n) is 15.2. The Hall–Kier alpha value is -3.48. The molecule has 0 spiro atoms. The third-order valence-corrected chi connectivity index (χ3v) is 3.55. The second-order valence-corrected chi connectivity index (χ2v) is 6.12. The highest BCUT2D eigenvalue weighted by Crippen LogP contribution is 2.17. The number of carbonyl (C=O) groups is 1. The van der Waals surface area contributed by atoms with E-state index in [1.54, 1.807) is 18.3 Å². The van der Waals surface area contributed by atoms with E-state index < -0.39 is 0 Å². The highest BCUT2D eigenvalue weighted by molar-refractivity contribution is 6.03. The molecule has 0 saturated heterocycles. The lowest BCUT2D eigenvalue weighted by atomic mass is 10.2. The fraction of sp³-hybridized carbons (Fsp3) is 0.200. The molecule has 1 amide bonds. The Bertz CT molecular complexity index is 865. The molecule has 0 saturated carbocycles. The maximum atomic E-state index is 12.3. The summed E-state index contributed by atoms with van der Waals surface area (Å²) in [5.74, 6) is 0.922. The summed E-state index contributed by atoms with van der Waals surface area (Å²) in [5.41, 5.74) is 1.93. The fourth-order valence-corrected chi connectivity index (χ4v) is 2.30. The van der Waals surface area contributed by atoms with Crippen LogP contribution in [0, 0.1) is 0 Å². The average Bonchev–Trinajstić information content (AvgIpc) is 2.69. The average molecular weight is 363 g/mol. The Labute approximate surface area is 157 Å². The summed E-state index contributed by atoms with van der Waals surface area (Å²) in [7, 11) is 0. The van der Waals surface area contributed by atoms with E-state index >= 15 is 0 Å². The molecule has 3 aromatic rings. The van der Waals surface area contributed by atoms with Crippen LogP contribution in [0.15, 0.2) is 61.1 Å². The quantitative estimate of drug-likeness (QED) is 0.668. The molecular formula is C20H21N5O2. The molecule has 2 N–H and O–H groups in total. The van der Waals surface area contributed by atoms with Gasteiger partial charge in [-0.25, -0.2) is 9.97 Å². The lowest BCUT2D eigenvalue weighted by molar-refractivity contribution is 0.102. The third-order valence-electron chi connectivity index (χ3n) is 3.55. The lowest BCUT2D eigenvalue weighted by Crippen LogP contribution is -2.13. The van der Waals surface area contributed by atoms with Crippen molar-refractivity contribution in [3.8, 4) is 5.75 Å². The number of hydrogen-bond acceptors (Lipinski definition) is 6. The number of pyridine rings is 1. The van der Waals surface area contributed by atoms with Gasteiger partial charge in [0.2, 0.25) is 5.95 Å². The first-order chi connectivity index (χ1) is 13.1.